The van der Waals surface area contributed by atoms with E-state index in [0.717, 1.165) is 86.7 Å². The van der Waals surface area contributed by atoms with Gasteiger partial charge in [-0.15, -0.1) is 0 Å². The van der Waals surface area contributed by atoms with Crippen LogP contribution in [0.4, 0.5) is 45.5 Å². The highest BCUT2D eigenvalue weighted by Gasteiger charge is 2.22. The highest BCUT2D eigenvalue weighted by atomic mass is 16.5. The number of anilines is 8. The summed E-state index contributed by atoms with van der Waals surface area (Å²) in [6.07, 6.45) is 0. The molecule has 0 N–H and O–H groups in total. The number of para-hydroxylation sites is 2. The maximum atomic E-state index is 5.62. The molecule has 6 nitrogen and oxygen atoms in total. The quantitative estimate of drug-likeness (QED) is 0.146. The monoisotopic (exact) mass is 706 g/mol. The van der Waals surface area contributed by atoms with Gasteiger partial charge >= 0.3 is 0 Å². The zero-order chi connectivity index (χ0) is 35.8. The Morgan fingerprint density at radius 2 is 0.704 bits per heavy atom. The topological polar surface area (TPSA) is 31.4 Å². The minimum absolute atomic E-state index is 0.770. The fourth-order valence-corrected chi connectivity index (χ4v) is 8.44. The van der Waals surface area contributed by atoms with Crippen LogP contribution < -0.4 is 19.6 Å². The van der Waals surface area contributed by atoms with Crippen LogP contribution in [-0.2, 0) is 9.47 Å². The van der Waals surface area contributed by atoms with Gasteiger partial charge in [0, 0.05) is 71.1 Å². The number of rotatable bonds is 8. The average Bonchev–Trinajstić information content (AvgIpc) is 3.26. The van der Waals surface area contributed by atoms with Crippen LogP contribution in [0.2, 0.25) is 0 Å². The van der Waals surface area contributed by atoms with Gasteiger partial charge in [0.1, 0.15) is 0 Å². The zero-order valence-electron chi connectivity index (χ0n) is 30.3. The Hall–Kier alpha value is -6.08. The predicted molar refractivity (Wildman–Crippen MR) is 226 cm³/mol. The summed E-state index contributed by atoms with van der Waals surface area (Å²) in [5.41, 5.74) is 9.30. The first-order valence-corrected chi connectivity index (χ1v) is 19.1. The zero-order valence-corrected chi connectivity index (χ0v) is 30.3. The summed E-state index contributed by atoms with van der Waals surface area (Å²) >= 11 is 0. The lowest BCUT2D eigenvalue weighted by atomic mass is 9.91. The third-order valence-electron chi connectivity index (χ3n) is 11.1. The van der Waals surface area contributed by atoms with Gasteiger partial charge < -0.3 is 29.1 Å². The molecule has 2 heterocycles. The Kier molecular flexibility index (Phi) is 8.47. The van der Waals surface area contributed by atoms with Crippen LogP contribution in [0.15, 0.2) is 158 Å². The van der Waals surface area contributed by atoms with Crippen molar-refractivity contribution in [2.24, 2.45) is 0 Å². The number of ether oxygens (including phenoxy) is 2. The summed E-state index contributed by atoms with van der Waals surface area (Å²) in [5, 5.41) is 7.49. The number of morpholine rings is 2. The van der Waals surface area contributed by atoms with E-state index in [1.807, 2.05) is 0 Å². The van der Waals surface area contributed by atoms with E-state index >= 15 is 0 Å². The Morgan fingerprint density at radius 1 is 0.352 bits per heavy atom. The van der Waals surface area contributed by atoms with E-state index in [0.29, 0.717) is 0 Å². The van der Waals surface area contributed by atoms with E-state index in [1.165, 1.54) is 43.7 Å². The lowest BCUT2D eigenvalue weighted by molar-refractivity contribution is 0.122. The van der Waals surface area contributed by atoms with Crippen molar-refractivity contribution in [3.05, 3.63) is 158 Å². The summed E-state index contributed by atoms with van der Waals surface area (Å²) < 4.78 is 11.2. The first-order chi connectivity index (χ1) is 26.8. The Labute approximate surface area is 316 Å². The fraction of sp³-hybridized carbons (Fsp3) is 0.167. The molecule has 0 spiro atoms. The molecule has 0 aromatic heterocycles. The van der Waals surface area contributed by atoms with Gasteiger partial charge in [-0.25, -0.2) is 0 Å². The molecule has 2 saturated heterocycles. The average molecular weight is 707 g/mol. The summed E-state index contributed by atoms with van der Waals surface area (Å²) in [5.74, 6) is 0. The molecule has 0 atom stereocenters. The first kappa shape index (κ1) is 32.6. The van der Waals surface area contributed by atoms with E-state index in [4.69, 9.17) is 9.47 Å². The maximum absolute atomic E-state index is 5.62. The van der Waals surface area contributed by atoms with Gasteiger partial charge in [-0.05, 0) is 106 Å². The molecule has 0 saturated carbocycles. The smallest absolute Gasteiger partial charge is 0.0642 e. The van der Waals surface area contributed by atoms with E-state index < -0.39 is 0 Å². The van der Waals surface area contributed by atoms with Crippen LogP contribution in [0.5, 0.6) is 0 Å². The molecule has 0 bridgehead atoms. The summed E-state index contributed by atoms with van der Waals surface area (Å²) in [6, 6.07) is 57.9. The van der Waals surface area contributed by atoms with Crippen molar-refractivity contribution in [2.45, 2.75) is 0 Å². The van der Waals surface area contributed by atoms with Gasteiger partial charge in [-0.3, -0.25) is 0 Å². The van der Waals surface area contributed by atoms with Crippen LogP contribution in [0, 0.1) is 0 Å². The van der Waals surface area contributed by atoms with Crippen LogP contribution in [-0.4, -0.2) is 52.6 Å². The van der Waals surface area contributed by atoms with Crippen molar-refractivity contribution in [1.82, 2.24) is 0 Å². The number of nitrogens with zero attached hydrogens (tertiary/aromatic N) is 4. The Balaban J connectivity index is 1.12. The molecule has 54 heavy (non-hydrogen) atoms. The number of hydrogen-bond acceptors (Lipinski definition) is 6. The van der Waals surface area contributed by atoms with Gasteiger partial charge in [0.15, 0.2) is 0 Å². The fourth-order valence-electron chi connectivity index (χ4n) is 8.44. The number of benzene rings is 8. The molecule has 8 aromatic carbocycles. The summed E-state index contributed by atoms with van der Waals surface area (Å²) in [4.78, 5) is 9.63. The maximum Gasteiger partial charge on any atom is 0.0642 e. The molecule has 6 heteroatoms. The van der Waals surface area contributed by atoms with Crippen LogP contribution in [0.3, 0.4) is 0 Å². The molecule has 10 rings (SSSR count). The summed E-state index contributed by atoms with van der Waals surface area (Å²) in [7, 11) is 0. The van der Waals surface area contributed by atoms with Gasteiger partial charge in [0.05, 0.1) is 37.8 Å². The van der Waals surface area contributed by atoms with Gasteiger partial charge in [0.2, 0.25) is 0 Å². The van der Waals surface area contributed by atoms with Gasteiger partial charge in [-0.1, -0.05) is 72.8 Å². The molecule has 0 radical (unpaired) electrons. The molecule has 2 aliphatic rings. The minimum Gasteiger partial charge on any atom is -0.378 e. The molecule has 0 amide bonds. The lowest BCUT2D eigenvalue weighted by Crippen LogP contribution is -2.36. The molecule has 266 valence electrons. The first-order valence-electron chi connectivity index (χ1n) is 19.1. The highest BCUT2D eigenvalue weighted by molar-refractivity contribution is 6.28. The SMILES string of the molecule is c1ccc(N(c2ccc(N3CCOCC3)cc2)c2ccc3ccc4c(N(c5ccccc5)c5ccc(N6CCOCC6)cc5)ccc5ccc2c3c54)cc1. The molecule has 0 aliphatic carbocycles. The van der Waals surface area contributed by atoms with E-state index in [-0.39, 0.29) is 0 Å². The second-order valence-corrected chi connectivity index (χ2v) is 14.2. The van der Waals surface area contributed by atoms with Crippen molar-refractivity contribution in [3.8, 4) is 0 Å². The third-order valence-corrected chi connectivity index (χ3v) is 11.1. The Morgan fingerprint density at radius 3 is 1.09 bits per heavy atom. The van der Waals surface area contributed by atoms with Crippen molar-refractivity contribution < 1.29 is 9.47 Å². The second-order valence-electron chi connectivity index (χ2n) is 14.2. The normalized spacial score (nSPS) is 15.0. The van der Waals surface area contributed by atoms with Crippen molar-refractivity contribution >= 4 is 77.8 Å². The summed E-state index contributed by atoms with van der Waals surface area (Å²) in [6.45, 7) is 6.75. The molecular formula is C48H42N4O2. The molecule has 8 aromatic rings. The lowest BCUT2D eigenvalue weighted by Gasteiger charge is -2.31. The standard InChI is InChI=1S/C48H42N4O2/c1-3-7-39(8-4-1)51(41-19-15-37(16-20-41)49-27-31-53-32-28-49)45-25-13-35-12-24-44-46(26-14-36-11-23-43(45)47(35)48(36)44)52(40-9-5-2-6-10-40)42-21-17-38(18-22-42)50-29-33-54-34-30-50/h1-26H,27-34H2. The molecule has 0 unspecified atom stereocenters. The van der Waals surface area contributed by atoms with Crippen LogP contribution >= 0.6 is 0 Å². The molecule has 2 fully saturated rings. The van der Waals surface area contributed by atoms with Gasteiger partial charge in [0.25, 0.3) is 0 Å². The third kappa shape index (κ3) is 5.84. The predicted octanol–water partition coefficient (Wildman–Crippen LogP) is 11.2. The highest BCUT2D eigenvalue weighted by Crippen LogP contribution is 2.47. The van der Waals surface area contributed by atoms with E-state index in [2.05, 4.69) is 177 Å². The molecular weight excluding hydrogens is 665 g/mol. The van der Waals surface area contributed by atoms with Crippen LogP contribution in [0.1, 0.15) is 0 Å². The van der Waals surface area contributed by atoms with Crippen molar-refractivity contribution in [1.29, 1.82) is 0 Å². The Bertz CT molecular complexity index is 2330. The van der Waals surface area contributed by atoms with Crippen molar-refractivity contribution in [3.63, 3.8) is 0 Å². The minimum atomic E-state index is 0.770. The van der Waals surface area contributed by atoms with E-state index in [1.54, 1.807) is 0 Å². The van der Waals surface area contributed by atoms with Crippen LogP contribution in [0.25, 0.3) is 32.3 Å². The molecule has 2 aliphatic heterocycles. The largest absolute Gasteiger partial charge is 0.378 e. The number of hydrogen-bond donors (Lipinski definition) is 0. The van der Waals surface area contributed by atoms with E-state index in [9.17, 15) is 0 Å². The van der Waals surface area contributed by atoms with Gasteiger partial charge in [-0.2, -0.15) is 0 Å². The second kappa shape index (κ2) is 14.0. The van der Waals surface area contributed by atoms with Crippen molar-refractivity contribution in [2.75, 3.05) is 72.2 Å².